The van der Waals surface area contributed by atoms with Gasteiger partial charge in [0.15, 0.2) is 0 Å². The number of hydrazine groups is 1. The van der Waals surface area contributed by atoms with Gasteiger partial charge in [-0.3, -0.25) is 9.00 Å². The first-order chi connectivity index (χ1) is 18.2. The Labute approximate surface area is 227 Å². The number of aromatic hydroxyl groups is 1. The number of nitriles is 1. The zero-order chi connectivity index (χ0) is 27.4. The normalized spacial score (nSPS) is 15.5. The van der Waals surface area contributed by atoms with Crippen LogP contribution in [0.1, 0.15) is 30.0 Å². The van der Waals surface area contributed by atoms with Crippen molar-refractivity contribution in [1.82, 2.24) is 9.42 Å². The molecule has 3 aromatic rings. The number of nitrogens with zero attached hydrogens (tertiary/aromatic N) is 4. The second kappa shape index (κ2) is 11.8. The number of phenolic OH excluding ortho intramolecular Hbond substituents is 1. The van der Waals surface area contributed by atoms with Gasteiger partial charge in [0, 0.05) is 65.7 Å². The van der Waals surface area contributed by atoms with Crippen LogP contribution in [0.5, 0.6) is 5.75 Å². The molecule has 2 atom stereocenters. The predicted octanol–water partition coefficient (Wildman–Crippen LogP) is 3.47. The maximum Gasteiger partial charge on any atom is 0.305 e. The second-order valence-corrected chi connectivity index (χ2v) is 10.0. The van der Waals surface area contributed by atoms with Gasteiger partial charge in [-0.1, -0.05) is 29.5 Å². The zero-order valence-electron chi connectivity index (χ0n) is 20.4. The number of rotatable bonds is 6. The molecule has 1 fully saturated rings. The van der Waals surface area contributed by atoms with E-state index < -0.39 is 23.3 Å². The first-order valence-corrected chi connectivity index (χ1v) is 13.2. The quantitative estimate of drug-likeness (QED) is 0.352. The Kier molecular flexibility index (Phi) is 8.52. The molecule has 2 N–H and O–H groups in total. The van der Waals surface area contributed by atoms with Crippen molar-refractivity contribution in [2.45, 2.75) is 19.4 Å². The molecule has 1 aliphatic heterocycles. The van der Waals surface area contributed by atoms with E-state index in [1.807, 2.05) is 30.3 Å². The number of hydrogen-bond donors (Lipinski definition) is 2. The monoisotopic (exact) mass is 551 g/mol. The number of aliphatic carboxylic acids is 1. The average molecular weight is 552 g/mol. The van der Waals surface area contributed by atoms with Crippen LogP contribution in [0.25, 0.3) is 10.8 Å². The van der Waals surface area contributed by atoms with Crippen LogP contribution in [0.4, 0.5) is 5.69 Å². The third-order valence-corrected chi connectivity index (χ3v) is 7.55. The molecule has 38 heavy (non-hydrogen) atoms. The van der Waals surface area contributed by atoms with Gasteiger partial charge in [0.05, 0.1) is 23.1 Å². The summed E-state index contributed by atoms with van der Waals surface area (Å²) < 4.78 is 24.6. The summed E-state index contributed by atoms with van der Waals surface area (Å²) in [5.41, 5.74) is 2.73. The molecular formula is C27H24ClN4O5S-. The number of benzene rings is 3. The van der Waals surface area contributed by atoms with Crippen LogP contribution in [-0.2, 0) is 16.1 Å². The molecule has 3 aromatic carbocycles. The standard InChI is InChI=1S/C27H25ClN4O5S/c1-18(14-25(34)35)32(38(36)37)31-12-10-30(11-13-31)23-7-4-19(5-8-23)2-3-20-15-21-6-9-24(33)27(28)26(21)22(16-20)17-29/h4-9,15-16,18,33H,10-14H2,1H3,(H,34,35)(H,36,37)/p-1. The summed E-state index contributed by atoms with van der Waals surface area (Å²) in [5.74, 6) is 5.05. The molecule has 196 valence electrons. The van der Waals surface area contributed by atoms with E-state index in [1.165, 1.54) is 6.07 Å². The fourth-order valence-electron chi connectivity index (χ4n) is 4.47. The van der Waals surface area contributed by atoms with Crippen LogP contribution in [0, 0.1) is 23.2 Å². The van der Waals surface area contributed by atoms with E-state index in [1.54, 1.807) is 24.1 Å². The van der Waals surface area contributed by atoms with Crippen LogP contribution in [0.3, 0.4) is 0 Å². The summed E-state index contributed by atoms with van der Waals surface area (Å²) in [6.07, 6.45) is -0.273. The van der Waals surface area contributed by atoms with E-state index in [0.717, 1.165) is 15.7 Å². The van der Waals surface area contributed by atoms with Gasteiger partial charge < -0.3 is 19.7 Å². The first-order valence-electron chi connectivity index (χ1n) is 11.8. The number of carbonyl (C=O) groups is 1. The molecular weight excluding hydrogens is 528 g/mol. The van der Waals surface area contributed by atoms with Crippen LogP contribution in [0.2, 0.25) is 5.02 Å². The number of piperazine rings is 1. The Bertz CT molecular complexity index is 1490. The summed E-state index contributed by atoms with van der Waals surface area (Å²) in [5, 5.41) is 31.4. The van der Waals surface area contributed by atoms with E-state index >= 15 is 0 Å². The Morgan fingerprint density at radius 2 is 1.79 bits per heavy atom. The Morgan fingerprint density at radius 3 is 2.39 bits per heavy atom. The van der Waals surface area contributed by atoms with Gasteiger partial charge in [-0.05, 0) is 54.8 Å². The molecule has 9 nitrogen and oxygen atoms in total. The lowest BCUT2D eigenvalue weighted by Gasteiger charge is -2.44. The highest BCUT2D eigenvalue weighted by molar-refractivity contribution is 7.76. The van der Waals surface area contributed by atoms with Crippen molar-refractivity contribution in [3.8, 4) is 23.7 Å². The van der Waals surface area contributed by atoms with E-state index in [0.29, 0.717) is 48.1 Å². The lowest BCUT2D eigenvalue weighted by Crippen LogP contribution is -2.57. The molecule has 0 spiro atoms. The van der Waals surface area contributed by atoms with Gasteiger partial charge in [0.25, 0.3) is 0 Å². The summed E-state index contributed by atoms with van der Waals surface area (Å²) in [7, 11) is 0. The third kappa shape index (κ3) is 6.08. The summed E-state index contributed by atoms with van der Waals surface area (Å²) >= 11 is 3.63. The highest BCUT2D eigenvalue weighted by Gasteiger charge is 2.28. The molecule has 1 aliphatic rings. The number of anilines is 1. The Balaban J connectivity index is 1.44. The van der Waals surface area contributed by atoms with Gasteiger partial charge >= 0.3 is 5.97 Å². The van der Waals surface area contributed by atoms with E-state index in [2.05, 4.69) is 22.8 Å². The largest absolute Gasteiger partial charge is 0.759 e. The second-order valence-electron chi connectivity index (χ2n) is 8.84. The van der Waals surface area contributed by atoms with Crippen molar-refractivity contribution in [2.24, 2.45) is 0 Å². The highest BCUT2D eigenvalue weighted by Crippen LogP contribution is 2.34. The lowest BCUT2D eigenvalue weighted by molar-refractivity contribution is -0.139. The number of hydrogen-bond acceptors (Lipinski definition) is 7. The smallest absolute Gasteiger partial charge is 0.305 e. The number of carboxylic acid groups (broad SMARTS) is 1. The van der Waals surface area contributed by atoms with Gasteiger partial charge in [0.2, 0.25) is 0 Å². The zero-order valence-corrected chi connectivity index (χ0v) is 22.0. The molecule has 0 bridgehead atoms. The number of phenols is 1. The highest BCUT2D eigenvalue weighted by atomic mass is 35.5. The number of carboxylic acids is 1. The van der Waals surface area contributed by atoms with Crippen molar-refractivity contribution in [2.75, 3.05) is 31.1 Å². The minimum Gasteiger partial charge on any atom is -0.759 e. The van der Waals surface area contributed by atoms with E-state index in [4.69, 9.17) is 16.7 Å². The van der Waals surface area contributed by atoms with Crippen molar-refractivity contribution in [3.05, 3.63) is 70.2 Å². The molecule has 0 amide bonds. The molecule has 0 radical (unpaired) electrons. The molecule has 0 aromatic heterocycles. The Morgan fingerprint density at radius 1 is 1.13 bits per heavy atom. The molecule has 1 saturated heterocycles. The minimum absolute atomic E-state index is 0.0820. The SMILES string of the molecule is CC(CC(=O)O)N(N1CCN(c2ccc(C#Cc3cc(C#N)c4c(Cl)c(O)ccc4c3)cc2)CC1)S(=O)[O-]. The molecule has 0 aliphatic carbocycles. The Hall–Kier alpha value is -3.64. The summed E-state index contributed by atoms with van der Waals surface area (Å²) in [4.78, 5) is 13.2. The number of halogens is 1. The van der Waals surface area contributed by atoms with Gasteiger partial charge in [-0.2, -0.15) is 9.68 Å². The fraction of sp³-hybridized carbons (Fsp3) is 0.259. The maximum atomic E-state index is 11.7. The van der Waals surface area contributed by atoms with Crippen LogP contribution < -0.4 is 4.90 Å². The molecule has 11 heteroatoms. The predicted molar refractivity (Wildman–Crippen MR) is 144 cm³/mol. The number of fused-ring (bicyclic) bond motifs is 1. The van der Waals surface area contributed by atoms with Crippen molar-refractivity contribution >= 4 is 45.3 Å². The molecule has 2 unspecified atom stereocenters. The van der Waals surface area contributed by atoms with Crippen LogP contribution >= 0.6 is 11.6 Å². The maximum absolute atomic E-state index is 11.7. The average Bonchev–Trinajstić information content (AvgIpc) is 2.89. The summed E-state index contributed by atoms with van der Waals surface area (Å²) in [6.45, 7) is 3.60. The van der Waals surface area contributed by atoms with Crippen molar-refractivity contribution in [3.63, 3.8) is 0 Å². The van der Waals surface area contributed by atoms with E-state index in [-0.39, 0.29) is 17.2 Å². The summed E-state index contributed by atoms with van der Waals surface area (Å²) in [6, 6.07) is 15.7. The molecule has 4 rings (SSSR count). The van der Waals surface area contributed by atoms with Crippen LogP contribution in [0.15, 0.2) is 48.5 Å². The van der Waals surface area contributed by atoms with Gasteiger partial charge in [0.1, 0.15) is 5.75 Å². The van der Waals surface area contributed by atoms with E-state index in [9.17, 15) is 23.9 Å². The van der Waals surface area contributed by atoms with Crippen LogP contribution in [-0.4, -0.2) is 66.6 Å². The van der Waals surface area contributed by atoms with Gasteiger partial charge in [-0.25, -0.2) is 5.01 Å². The first kappa shape index (κ1) is 27.4. The third-order valence-electron chi connectivity index (χ3n) is 6.27. The topological polar surface area (TPSA) is 131 Å². The molecule has 0 saturated carbocycles. The lowest BCUT2D eigenvalue weighted by atomic mass is 10.0. The molecule has 1 heterocycles. The fourth-order valence-corrected chi connectivity index (χ4v) is 5.47. The van der Waals surface area contributed by atoms with Crippen molar-refractivity contribution < 1.29 is 23.8 Å². The van der Waals surface area contributed by atoms with Gasteiger partial charge in [-0.15, -0.1) is 0 Å². The minimum atomic E-state index is -2.56. The van der Waals surface area contributed by atoms with Crippen molar-refractivity contribution in [1.29, 1.82) is 5.26 Å².